The second-order valence-electron chi connectivity index (χ2n) is 8.62. The number of carbonyl (C=O) groups is 1. The van der Waals surface area contributed by atoms with Gasteiger partial charge in [0.25, 0.3) is 5.91 Å². The number of hydrogen-bond donors (Lipinski definition) is 1. The molecule has 176 valence electrons. The topological polar surface area (TPSA) is 88.2 Å². The highest BCUT2D eigenvalue weighted by atomic mass is 32.2. The summed E-state index contributed by atoms with van der Waals surface area (Å²) in [7, 11) is -3.71. The average molecular weight is 472 g/mol. The standard InChI is InChI=1S/C24H29N3O5S/c28-24(25-19-4-7-23-18(16-19)8-13-32-23)21-17-20(33(29,30)27-11-14-31-15-12-27)5-6-22(21)26-9-2-1-3-10-26/h4-7,16-17H,1-3,8-15H2,(H,25,28). The molecule has 3 aliphatic heterocycles. The molecule has 0 aliphatic carbocycles. The molecule has 2 aromatic carbocycles. The van der Waals surface area contributed by atoms with E-state index in [9.17, 15) is 13.2 Å². The van der Waals surface area contributed by atoms with Gasteiger partial charge in [-0.2, -0.15) is 4.31 Å². The van der Waals surface area contributed by atoms with E-state index >= 15 is 0 Å². The van der Waals surface area contributed by atoms with Crippen LogP contribution in [0, 0.1) is 0 Å². The van der Waals surface area contributed by atoms with Crippen LogP contribution in [0.25, 0.3) is 0 Å². The van der Waals surface area contributed by atoms with Gasteiger partial charge in [0.1, 0.15) is 5.75 Å². The van der Waals surface area contributed by atoms with Crippen molar-refractivity contribution in [2.45, 2.75) is 30.6 Å². The van der Waals surface area contributed by atoms with Gasteiger partial charge in [0.05, 0.1) is 30.3 Å². The van der Waals surface area contributed by atoms with Gasteiger partial charge in [0, 0.05) is 44.0 Å². The summed E-state index contributed by atoms with van der Waals surface area (Å²) in [5, 5.41) is 2.98. The maximum absolute atomic E-state index is 13.4. The van der Waals surface area contributed by atoms with Crippen LogP contribution in [0.2, 0.25) is 0 Å². The number of anilines is 2. The highest BCUT2D eigenvalue weighted by Crippen LogP contribution is 2.31. The molecule has 33 heavy (non-hydrogen) atoms. The summed E-state index contributed by atoms with van der Waals surface area (Å²) in [5.41, 5.74) is 2.89. The van der Waals surface area contributed by atoms with Crippen molar-refractivity contribution in [3.8, 4) is 5.75 Å². The van der Waals surface area contributed by atoms with Gasteiger partial charge in [-0.05, 0) is 61.2 Å². The summed E-state index contributed by atoms with van der Waals surface area (Å²) in [6.07, 6.45) is 4.09. The lowest BCUT2D eigenvalue weighted by atomic mass is 10.1. The Labute approximate surface area is 194 Å². The van der Waals surface area contributed by atoms with Gasteiger partial charge in [-0.15, -0.1) is 0 Å². The van der Waals surface area contributed by atoms with Crippen molar-refractivity contribution in [2.24, 2.45) is 0 Å². The number of hydrogen-bond acceptors (Lipinski definition) is 6. The Bertz CT molecular complexity index is 1140. The lowest BCUT2D eigenvalue weighted by molar-refractivity contribution is 0.0730. The smallest absolute Gasteiger partial charge is 0.257 e. The molecule has 2 fully saturated rings. The summed E-state index contributed by atoms with van der Waals surface area (Å²) in [6, 6.07) is 10.5. The zero-order valence-corrected chi connectivity index (χ0v) is 19.4. The highest BCUT2D eigenvalue weighted by molar-refractivity contribution is 7.89. The second-order valence-corrected chi connectivity index (χ2v) is 10.6. The first-order valence-electron chi connectivity index (χ1n) is 11.6. The molecule has 0 spiro atoms. The van der Waals surface area contributed by atoms with Crippen LogP contribution in [-0.4, -0.2) is 64.6 Å². The fourth-order valence-corrected chi connectivity index (χ4v) is 6.10. The number of fused-ring (bicyclic) bond motifs is 1. The molecule has 5 rings (SSSR count). The molecule has 3 aliphatic rings. The Balaban J connectivity index is 1.48. The van der Waals surface area contributed by atoms with Crippen LogP contribution in [-0.2, 0) is 21.2 Å². The van der Waals surface area contributed by atoms with Gasteiger partial charge in [-0.1, -0.05) is 0 Å². The predicted molar refractivity (Wildman–Crippen MR) is 126 cm³/mol. The molecule has 0 aromatic heterocycles. The molecule has 9 heteroatoms. The number of sulfonamides is 1. The van der Waals surface area contributed by atoms with E-state index in [0.29, 0.717) is 44.2 Å². The van der Waals surface area contributed by atoms with E-state index in [4.69, 9.17) is 9.47 Å². The van der Waals surface area contributed by atoms with Crippen molar-refractivity contribution in [3.05, 3.63) is 47.5 Å². The molecule has 0 unspecified atom stereocenters. The lowest BCUT2D eigenvalue weighted by Gasteiger charge is -2.31. The first-order valence-corrected chi connectivity index (χ1v) is 13.0. The van der Waals surface area contributed by atoms with Crippen LogP contribution in [0.4, 0.5) is 11.4 Å². The van der Waals surface area contributed by atoms with Crippen LogP contribution in [0.15, 0.2) is 41.3 Å². The Kier molecular flexibility index (Phi) is 6.27. The van der Waals surface area contributed by atoms with Crippen LogP contribution in [0.5, 0.6) is 5.75 Å². The fourth-order valence-electron chi connectivity index (χ4n) is 4.67. The maximum atomic E-state index is 13.4. The number of carbonyl (C=O) groups excluding carboxylic acids is 1. The molecule has 1 N–H and O–H groups in total. The van der Waals surface area contributed by atoms with Crippen molar-refractivity contribution in [1.29, 1.82) is 0 Å². The number of piperidine rings is 1. The summed E-state index contributed by atoms with van der Waals surface area (Å²) in [5.74, 6) is 0.536. The van der Waals surface area contributed by atoms with E-state index in [1.807, 2.05) is 18.2 Å². The molecular weight excluding hydrogens is 442 g/mol. The Morgan fingerprint density at radius 1 is 0.909 bits per heavy atom. The zero-order chi connectivity index (χ0) is 22.8. The number of amides is 1. The lowest BCUT2D eigenvalue weighted by Crippen LogP contribution is -2.40. The maximum Gasteiger partial charge on any atom is 0.257 e. The van der Waals surface area contributed by atoms with Gasteiger partial charge in [0.15, 0.2) is 0 Å². The molecule has 2 aromatic rings. The summed E-state index contributed by atoms with van der Waals surface area (Å²) < 4.78 is 38.8. The van der Waals surface area contributed by atoms with E-state index in [2.05, 4.69) is 10.2 Å². The Morgan fingerprint density at radius 3 is 2.48 bits per heavy atom. The number of ether oxygens (including phenoxy) is 2. The van der Waals surface area contributed by atoms with Gasteiger partial charge in [0.2, 0.25) is 10.0 Å². The summed E-state index contributed by atoms with van der Waals surface area (Å²) in [6.45, 7) is 3.73. The van der Waals surface area contributed by atoms with Crippen LogP contribution >= 0.6 is 0 Å². The third-order valence-corrected chi connectivity index (χ3v) is 8.36. The minimum atomic E-state index is -3.71. The quantitative estimate of drug-likeness (QED) is 0.722. The van der Waals surface area contributed by atoms with E-state index in [0.717, 1.165) is 49.4 Å². The van der Waals surface area contributed by atoms with Crippen LogP contribution in [0.3, 0.4) is 0 Å². The molecule has 0 saturated carbocycles. The Morgan fingerprint density at radius 2 is 1.70 bits per heavy atom. The SMILES string of the molecule is O=C(Nc1ccc2c(c1)CCO2)c1cc(S(=O)(=O)N2CCOCC2)ccc1N1CCCCC1. The van der Waals surface area contributed by atoms with Crippen molar-refractivity contribution in [2.75, 3.05) is 56.2 Å². The predicted octanol–water partition coefficient (Wildman–Crippen LogP) is 2.89. The molecule has 0 atom stereocenters. The van der Waals surface area contributed by atoms with Crippen molar-refractivity contribution < 1.29 is 22.7 Å². The van der Waals surface area contributed by atoms with E-state index in [1.165, 1.54) is 16.8 Å². The largest absolute Gasteiger partial charge is 0.493 e. The third-order valence-electron chi connectivity index (χ3n) is 6.46. The highest BCUT2D eigenvalue weighted by Gasteiger charge is 2.29. The minimum absolute atomic E-state index is 0.137. The van der Waals surface area contributed by atoms with E-state index in [-0.39, 0.29) is 10.8 Å². The van der Waals surface area contributed by atoms with Crippen LogP contribution < -0.4 is 15.0 Å². The fraction of sp³-hybridized carbons (Fsp3) is 0.458. The van der Waals surface area contributed by atoms with Crippen LogP contribution in [0.1, 0.15) is 35.2 Å². The number of rotatable bonds is 5. The molecule has 8 nitrogen and oxygen atoms in total. The second kappa shape index (κ2) is 9.32. The zero-order valence-electron chi connectivity index (χ0n) is 18.6. The minimum Gasteiger partial charge on any atom is -0.493 e. The van der Waals surface area contributed by atoms with E-state index in [1.54, 1.807) is 12.1 Å². The summed E-state index contributed by atoms with van der Waals surface area (Å²) >= 11 is 0. The van der Waals surface area contributed by atoms with Gasteiger partial charge >= 0.3 is 0 Å². The third kappa shape index (κ3) is 4.58. The molecular formula is C24H29N3O5S. The molecule has 1 amide bonds. The van der Waals surface area contributed by atoms with Crippen molar-refractivity contribution in [1.82, 2.24) is 4.31 Å². The molecule has 2 saturated heterocycles. The first-order chi connectivity index (χ1) is 16.0. The normalized spacial score (nSPS) is 19.1. The molecule has 0 bridgehead atoms. The Hall–Kier alpha value is -2.62. The number of benzene rings is 2. The van der Waals surface area contributed by atoms with Gasteiger partial charge in [-0.25, -0.2) is 8.42 Å². The van der Waals surface area contributed by atoms with Gasteiger partial charge < -0.3 is 19.7 Å². The molecule has 0 radical (unpaired) electrons. The average Bonchev–Trinajstić information content (AvgIpc) is 3.33. The summed E-state index contributed by atoms with van der Waals surface area (Å²) in [4.78, 5) is 15.8. The van der Waals surface area contributed by atoms with Crippen molar-refractivity contribution in [3.63, 3.8) is 0 Å². The van der Waals surface area contributed by atoms with E-state index < -0.39 is 10.0 Å². The van der Waals surface area contributed by atoms with Crippen molar-refractivity contribution >= 4 is 27.3 Å². The number of nitrogens with zero attached hydrogens (tertiary/aromatic N) is 2. The number of morpholine rings is 1. The number of nitrogens with one attached hydrogen (secondary N) is 1. The first kappa shape index (κ1) is 22.2. The molecule has 3 heterocycles. The van der Waals surface area contributed by atoms with Gasteiger partial charge in [-0.3, -0.25) is 4.79 Å². The monoisotopic (exact) mass is 471 g/mol.